The Bertz CT molecular complexity index is 897. The van der Waals surface area contributed by atoms with Crippen molar-refractivity contribution in [2.24, 2.45) is 0 Å². The molecular weight excluding hydrogens is 358 g/mol. The number of ether oxygens (including phenoxy) is 1. The van der Waals surface area contributed by atoms with Gasteiger partial charge in [0.25, 0.3) is 0 Å². The standard InChI is InChI=1S/C20H25N5O3/c1-14-10-17(21)25(22-14)12-18(26)24-9-8-20(15-6-4-3-5-7-15)16(11-24)28-13-19(27)23(20)2/h3-7,10,16H,8-9,11-13,21H2,1-2H3/t16-,20+/m1/s1. The van der Waals surface area contributed by atoms with Crippen molar-refractivity contribution in [1.29, 1.82) is 0 Å². The maximum atomic E-state index is 12.9. The van der Waals surface area contributed by atoms with E-state index in [1.807, 2.05) is 44.3 Å². The normalized spacial score (nSPS) is 24.9. The number of piperidine rings is 1. The number of anilines is 1. The average molecular weight is 383 g/mol. The van der Waals surface area contributed by atoms with E-state index in [9.17, 15) is 9.59 Å². The molecule has 2 N–H and O–H groups in total. The highest BCUT2D eigenvalue weighted by atomic mass is 16.5. The lowest BCUT2D eigenvalue weighted by molar-refractivity contribution is -0.184. The highest BCUT2D eigenvalue weighted by Gasteiger charge is 2.53. The van der Waals surface area contributed by atoms with Crippen LogP contribution in [-0.4, -0.2) is 64.2 Å². The van der Waals surface area contributed by atoms with Crippen molar-refractivity contribution in [3.8, 4) is 0 Å². The number of hydrogen-bond acceptors (Lipinski definition) is 5. The third-order valence-electron chi connectivity index (χ3n) is 5.91. The van der Waals surface area contributed by atoms with E-state index in [4.69, 9.17) is 10.5 Å². The Labute approximate surface area is 163 Å². The van der Waals surface area contributed by atoms with E-state index in [-0.39, 0.29) is 31.1 Å². The second-order valence-corrected chi connectivity index (χ2v) is 7.50. The minimum atomic E-state index is -0.561. The molecule has 28 heavy (non-hydrogen) atoms. The first kappa shape index (κ1) is 18.5. The van der Waals surface area contributed by atoms with Crippen molar-refractivity contribution in [3.63, 3.8) is 0 Å². The second kappa shape index (κ2) is 6.94. The summed E-state index contributed by atoms with van der Waals surface area (Å²) in [5.74, 6) is 0.375. The van der Waals surface area contributed by atoms with Gasteiger partial charge < -0.3 is 20.3 Å². The van der Waals surface area contributed by atoms with Crippen LogP contribution in [0, 0.1) is 6.92 Å². The number of fused-ring (bicyclic) bond motifs is 1. The molecule has 4 rings (SSSR count). The lowest BCUT2D eigenvalue weighted by Gasteiger charge is -2.54. The summed E-state index contributed by atoms with van der Waals surface area (Å²) >= 11 is 0. The number of nitrogens with zero attached hydrogens (tertiary/aromatic N) is 4. The van der Waals surface area contributed by atoms with Gasteiger partial charge in [-0.15, -0.1) is 0 Å². The first-order valence-corrected chi connectivity index (χ1v) is 9.43. The van der Waals surface area contributed by atoms with E-state index < -0.39 is 5.54 Å². The summed E-state index contributed by atoms with van der Waals surface area (Å²) in [5.41, 5.74) is 7.17. The van der Waals surface area contributed by atoms with Crippen LogP contribution in [0.3, 0.4) is 0 Å². The number of aryl methyl sites for hydroxylation is 1. The number of morpholine rings is 1. The average Bonchev–Trinajstić information content (AvgIpc) is 3.02. The number of hydrogen-bond donors (Lipinski definition) is 1. The predicted molar refractivity (Wildman–Crippen MR) is 103 cm³/mol. The number of amides is 2. The molecule has 0 aliphatic carbocycles. The first-order valence-electron chi connectivity index (χ1n) is 9.43. The van der Waals surface area contributed by atoms with Crippen LogP contribution in [0.2, 0.25) is 0 Å². The van der Waals surface area contributed by atoms with E-state index in [0.717, 1.165) is 11.3 Å². The minimum Gasteiger partial charge on any atom is -0.384 e. The topological polar surface area (TPSA) is 93.7 Å². The summed E-state index contributed by atoms with van der Waals surface area (Å²) in [4.78, 5) is 28.9. The molecule has 1 aromatic heterocycles. The van der Waals surface area contributed by atoms with E-state index >= 15 is 0 Å². The molecule has 2 amide bonds. The number of benzene rings is 1. The molecule has 8 nitrogen and oxygen atoms in total. The van der Waals surface area contributed by atoms with Gasteiger partial charge in [0, 0.05) is 26.2 Å². The molecule has 0 spiro atoms. The summed E-state index contributed by atoms with van der Waals surface area (Å²) in [5, 5.41) is 4.27. The Morgan fingerprint density at radius 1 is 1.36 bits per heavy atom. The third kappa shape index (κ3) is 2.93. The van der Waals surface area contributed by atoms with Crippen LogP contribution in [-0.2, 0) is 26.4 Å². The monoisotopic (exact) mass is 383 g/mol. The number of rotatable bonds is 3. The van der Waals surface area contributed by atoms with Crippen LogP contribution in [0.25, 0.3) is 0 Å². The summed E-state index contributed by atoms with van der Waals surface area (Å²) < 4.78 is 7.47. The molecule has 2 aliphatic rings. The molecule has 3 heterocycles. The van der Waals surface area contributed by atoms with Gasteiger partial charge in [-0.05, 0) is 18.9 Å². The van der Waals surface area contributed by atoms with Crippen LogP contribution >= 0.6 is 0 Å². The van der Waals surface area contributed by atoms with E-state index in [0.29, 0.717) is 25.3 Å². The van der Waals surface area contributed by atoms with Gasteiger partial charge in [-0.1, -0.05) is 30.3 Å². The number of nitrogen functional groups attached to an aromatic ring is 1. The maximum Gasteiger partial charge on any atom is 0.249 e. The van der Waals surface area contributed by atoms with Crippen molar-refractivity contribution in [2.45, 2.75) is 31.5 Å². The number of likely N-dealkylation sites (N-methyl/N-ethyl adjacent to an activating group) is 1. The van der Waals surface area contributed by atoms with Gasteiger partial charge in [0.2, 0.25) is 11.8 Å². The summed E-state index contributed by atoms with van der Waals surface area (Å²) in [6.07, 6.45) is 0.329. The summed E-state index contributed by atoms with van der Waals surface area (Å²) in [6, 6.07) is 11.7. The third-order valence-corrected chi connectivity index (χ3v) is 5.91. The Hall–Kier alpha value is -2.87. The Kier molecular flexibility index (Phi) is 4.58. The molecule has 0 radical (unpaired) electrons. The van der Waals surface area contributed by atoms with Crippen molar-refractivity contribution in [3.05, 3.63) is 47.7 Å². The highest BCUT2D eigenvalue weighted by Crippen LogP contribution is 2.42. The van der Waals surface area contributed by atoms with Crippen molar-refractivity contribution >= 4 is 17.6 Å². The summed E-state index contributed by atoms with van der Waals surface area (Å²) in [7, 11) is 1.83. The molecule has 2 aliphatic heterocycles. The number of carbonyl (C=O) groups excluding carboxylic acids is 2. The Morgan fingerprint density at radius 3 is 2.79 bits per heavy atom. The molecule has 0 bridgehead atoms. The molecule has 2 fully saturated rings. The molecular formula is C20H25N5O3. The first-order chi connectivity index (χ1) is 13.4. The molecule has 2 saturated heterocycles. The zero-order valence-electron chi connectivity index (χ0n) is 16.2. The van der Waals surface area contributed by atoms with Gasteiger partial charge in [-0.25, -0.2) is 4.68 Å². The zero-order chi connectivity index (χ0) is 19.9. The Morgan fingerprint density at radius 2 is 2.11 bits per heavy atom. The van der Waals surface area contributed by atoms with Gasteiger partial charge in [-0.3, -0.25) is 9.59 Å². The van der Waals surface area contributed by atoms with Crippen molar-refractivity contribution in [1.82, 2.24) is 19.6 Å². The predicted octanol–water partition coefficient (Wildman–Crippen LogP) is 0.759. The smallest absolute Gasteiger partial charge is 0.249 e. The molecule has 2 atom stereocenters. The SMILES string of the molecule is Cc1cc(N)n(CC(=O)N2CC[C@]3(c4ccccc4)[C@@H](C2)OCC(=O)N3C)n1. The number of aromatic nitrogens is 2. The Balaban J connectivity index is 1.58. The van der Waals surface area contributed by atoms with Gasteiger partial charge >= 0.3 is 0 Å². The highest BCUT2D eigenvalue weighted by molar-refractivity contribution is 5.80. The fourth-order valence-electron chi connectivity index (χ4n) is 4.37. The second-order valence-electron chi connectivity index (χ2n) is 7.50. The minimum absolute atomic E-state index is 0.0308. The van der Waals surface area contributed by atoms with Gasteiger partial charge in [-0.2, -0.15) is 5.10 Å². The number of likely N-dealkylation sites (tertiary alicyclic amines) is 1. The number of carbonyl (C=O) groups is 2. The molecule has 1 aromatic carbocycles. The summed E-state index contributed by atoms with van der Waals surface area (Å²) in [6.45, 7) is 2.93. The molecule has 0 unspecified atom stereocenters. The van der Waals surface area contributed by atoms with Crippen LogP contribution in [0.5, 0.6) is 0 Å². The maximum absolute atomic E-state index is 12.9. The van der Waals surface area contributed by atoms with E-state index in [1.165, 1.54) is 4.68 Å². The fraction of sp³-hybridized carbons (Fsp3) is 0.450. The van der Waals surface area contributed by atoms with Crippen LogP contribution in [0.1, 0.15) is 17.7 Å². The van der Waals surface area contributed by atoms with Gasteiger partial charge in [0.15, 0.2) is 0 Å². The van der Waals surface area contributed by atoms with Crippen molar-refractivity contribution < 1.29 is 14.3 Å². The lowest BCUT2D eigenvalue weighted by Crippen LogP contribution is -2.67. The lowest BCUT2D eigenvalue weighted by atomic mass is 9.76. The molecule has 8 heteroatoms. The zero-order valence-corrected chi connectivity index (χ0v) is 16.2. The largest absolute Gasteiger partial charge is 0.384 e. The van der Waals surface area contributed by atoms with E-state index in [2.05, 4.69) is 5.10 Å². The number of nitrogens with two attached hydrogens (primary N) is 1. The van der Waals surface area contributed by atoms with Gasteiger partial charge in [0.05, 0.1) is 11.2 Å². The van der Waals surface area contributed by atoms with Crippen LogP contribution in [0.4, 0.5) is 5.82 Å². The van der Waals surface area contributed by atoms with Gasteiger partial charge in [0.1, 0.15) is 25.1 Å². The van der Waals surface area contributed by atoms with Crippen molar-refractivity contribution in [2.75, 3.05) is 32.5 Å². The molecule has 148 valence electrons. The molecule has 2 aromatic rings. The molecule has 0 saturated carbocycles. The quantitative estimate of drug-likeness (QED) is 0.845. The van der Waals surface area contributed by atoms with Crippen LogP contribution < -0.4 is 5.73 Å². The fourth-order valence-corrected chi connectivity index (χ4v) is 4.37. The van der Waals surface area contributed by atoms with E-state index in [1.54, 1.807) is 15.9 Å². The van der Waals surface area contributed by atoms with Crippen LogP contribution in [0.15, 0.2) is 36.4 Å².